The lowest BCUT2D eigenvalue weighted by molar-refractivity contribution is -0.135. The monoisotopic (exact) mass is 427 g/mol. The molecule has 0 radical (unpaired) electrons. The maximum Gasteiger partial charge on any atom is 0.261 e. The number of hydrogen-bond donors (Lipinski definition) is 0. The number of carbonyl (C=O) groups excluding carboxylic acids is 1. The van der Waals surface area contributed by atoms with Crippen molar-refractivity contribution in [2.45, 2.75) is 80.2 Å². The minimum absolute atomic E-state index is 0.0589. The molecule has 172 valence electrons. The summed E-state index contributed by atoms with van der Waals surface area (Å²) in [7, 11) is 1.77. The minimum atomic E-state index is -0.213. The molecule has 1 aromatic carbocycles. The van der Waals surface area contributed by atoms with Crippen molar-refractivity contribution in [1.29, 1.82) is 0 Å². The fourth-order valence-electron chi connectivity index (χ4n) is 4.46. The molecule has 31 heavy (non-hydrogen) atoms. The molecule has 0 N–H and O–H groups in total. The van der Waals surface area contributed by atoms with Gasteiger partial charge in [-0.2, -0.15) is 0 Å². The molecule has 2 aromatic rings. The van der Waals surface area contributed by atoms with Crippen molar-refractivity contribution in [2.75, 3.05) is 6.54 Å². The molecule has 0 fully saturated rings. The number of nitrogens with zero attached hydrogens (tertiary/aromatic N) is 3. The fraction of sp³-hybridized carbons (Fsp3) is 0.654. The fourth-order valence-corrected chi connectivity index (χ4v) is 4.46. The quantitative estimate of drug-likeness (QED) is 0.514. The Morgan fingerprint density at radius 2 is 1.81 bits per heavy atom. The molecule has 5 heteroatoms. The van der Waals surface area contributed by atoms with Gasteiger partial charge in [-0.1, -0.05) is 60.6 Å². The van der Waals surface area contributed by atoms with Crippen molar-refractivity contribution in [3.05, 3.63) is 40.4 Å². The van der Waals surface area contributed by atoms with E-state index in [0.717, 1.165) is 19.3 Å². The largest absolute Gasteiger partial charge is 0.333 e. The Bertz CT molecular complexity index is 940. The summed E-state index contributed by atoms with van der Waals surface area (Å²) in [6.45, 7) is 15.9. The van der Waals surface area contributed by atoms with Crippen molar-refractivity contribution >= 4 is 16.8 Å². The van der Waals surface area contributed by atoms with Gasteiger partial charge in [0.25, 0.3) is 5.56 Å². The average Bonchev–Trinajstić information content (AvgIpc) is 2.66. The number of benzene rings is 1. The zero-order valence-electron chi connectivity index (χ0n) is 20.7. The third-order valence-corrected chi connectivity index (χ3v) is 5.83. The molecule has 0 spiro atoms. The van der Waals surface area contributed by atoms with E-state index < -0.39 is 0 Å². The normalized spacial score (nSPS) is 14.1. The van der Waals surface area contributed by atoms with Gasteiger partial charge in [-0.3, -0.25) is 14.2 Å². The first-order valence-electron chi connectivity index (χ1n) is 11.7. The highest BCUT2D eigenvalue weighted by Gasteiger charge is 2.29. The first kappa shape index (κ1) is 25.1. The van der Waals surface area contributed by atoms with E-state index in [-0.39, 0.29) is 22.9 Å². The van der Waals surface area contributed by atoms with Gasteiger partial charge < -0.3 is 4.90 Å². The number of fused-ring (bicyclic) bond motifs is 1. The molecule has 0 aliphatic rings. The Kier molecular flexibility index (Phi) is 8.44. The second-order valence-electron chi connectivity index (χ2n) is 10.6. The molecule has 0 saturated carbocycles. The van der Waals surface area contributed by atoms with Crippen molar-refractivity contribution in [3.63, 3.8) is 0 Å². The Balaban J connectivity index is 2.43. The number of rotatable bonds is 9. The van der Waals surface area contributed by atoms with Crippen molar-refractivity contribution in [1.82, 2.24) is 14.5 Å². The van der Waals surface area contributed by atoms with Gasteiger partial charge in [-0.05, 0) is 48.6 Å². The molecule has 0 bridgehead atoms. The zero-order chi connectivity index (χ0) is 23.3. The van der Waals surface area contributed by atoms with Crippen LogP contribution in [0.1, 0.15) is 86.0 Å². The van der Waals surface area contributed by atoms with E-state index in [9.17, 15) is 9.59 Å². The van der Waals surface area contributed by atoms with Gasteiger partial charge in [-0.25, -0.2) is 4.98 Å². The Hall–Kier alpha value is -2.17. The molecule has 2 atom stereocenters. The second-order valence-corrected chi connectivity index (χ2v) is 10.6. The molecule has 5 nitrogen and oxygen atoms in total. The lowest BCUT2D eigenvalue weighted by Crippen LogP contribution is -2.40. The van der Waals surface area contributed by atoms with Crippen LogP contribution in [0.4, 0.5) is 0 Å². The highest BCUT2D eigenvalue weighted by Crippen LogP contribution is 2.29. The maximum atomic E-state index is 13.5. The second kappa shape index (κ2) is 10.4. The first-order valence-corrected chi connectivity index (χ1v) is 11.7. The van der Waals surface area contributed by atoms with Crippen LogP contribution in [0.25, 0.3) is 10.9 Å². The van der Waals surface area contributed by atoms with Crippen LogP contribution in [0.2, 0.25) is 0 Å². The molecule has 1 heterocycles. The van der Waals surface area contributed by atoms with Crippen LogP contribution >= 0.6 is 0 Å². The number of para-hydroxylation sites is 1. The summed E-state index contributed by atoms with van der Waals surface area (Å²) in [6, 6.07) is 7.23. The van der Waals surface area contributed by atoms with E-state index in [1.165, 1.54) is 0 Å². The molecule has 1 amide bonds. The van der Waals surface area contributed by atoms with Crippen molar-refractivity contribution in [3.8, 4) is 0 Å². The standard InChI is InChI=1S/C26H41N3O2/c1-9-22(24-27-21-13-11-10-12-20(21)25(31)28(24)8)29(15-14-18(2)3)23(30)16-19(4)17-26(5,6)7/h10-13,18-19,22H,9,14-17H2,1-8H3. The van der Waals surface area contributed by atoms with Crippen LogP contribution in [-0.4, -0.2) is 26.9 Å². The molecular formula is C26H41N3O2. The van der Waals surface area contributed by atoms with Gasteiger partial charge in [0.2, 0.25) is 5.91 Å². The lowest BCUT2D eigenvalue weighted by Gasteiger charge is -2.34. The van der Waals surface area contributed by atoms with E-state index in [0.29, 0.717) is 41.5 Å². The van der Waals surface area contributed by atoms with Crippen LogP contribution < -0.4 is 5.56 Å². The summed E-state index contributed by atoms with van der Waals surface area (Å²) >= 11 is 0. The van der Waals surface area contributed by atoms with Crippen LogP contribution in [-0.2, 0) is 11.8 Å². The predicted octanol–water partition coefficient (Wildman–Crippen LogP) is 5.72. The number of aromatic nitrogens is 2. The number of carbonyl (C=O) groups is 1. The molecular weight excluding hydrogens is 386 g/mol. The number of hydrogen-bond acceptors (Lipinski definition) is 3. The van der Waals surface area contributed by atoms with E-state index in [4.69, 9.17) is 4.98 Å². The van der Waals surface area contributed by atoms with Gasteiger partial charge in [0.05, 0.1) is 16.9 Å². The van der Waals surface area contributed by atoms with Gasteiger partial charge in [0.15, 0.2) is 0 Å². The van der Waals surface area contributed by atoms with Crippen molar-refractivity contribution < 1.29 is 4.79 Å². The molecule has 0 aliphatic heterocycles. The summed E-state index contributed by atoms with van der Waals surface area (Å²) in [5.74, 6) is 1.63. The molecule has 2 unspecified atom stereocenters. The van der Waals surface area contributed by atoms with Gasteiger partial charge in [0, 0.05) is 20.0 Å². The van der Waals surface area contributed by atoms with Gasteiger partial charge in [-0.15, -0.1) is 0 Å². The van der Waals surface area contributed by atoms with E-state index in [1.54, 1.807) is 11.6 Å². The summed E-state index contributed by atoms with van der Waals surface area (Å²) in [6.07, 6.45) is 3.17. The van der Waals surface area contributed by atoms with Crippen LogP contribution in [0.15, 0.2) is 29.1 Å². The van der Waals surface area contributed by atoms with Crippen LogP contribution in [0.3, 0.4) is 0 Å². The number of amides is 1. The summed E-state index contributed by atoms with van der Waals surface area (Å²) < 4.78 is 1.63. The summed E-state index contributed by atoms with van der Waals surface area (Å²) in [4.78, 5) is 33.3. The van der Waals surface area contributed by atoms with Crippen molar-refractivity contribution in [2.24, 2.45) is 24.3 Å². The Morgan fingerprint density at radius 3 is 2.39 bits per heavy atom. The third-order valence-electron chi connectivity index (χ3n) is 5.83. The van der Waals surface area contributed by atoms with Crippen LogP contribution in [0.5, 0.6) is 0 Å². The smallest absolute Gasteiger partial charge is 0.261 e. The minimum Gasteiger partial charge on any atom is -0.333 e. The first-order chi connectivity index (χ1) is 14.4. The van der Waals surface area contributed by atoms with E-state index in [2.05, 4.69) is 48.5 Å². The summed E-state index contributed by atoms with van der Waals surface area (Å²) in [5.41, 5.74) is 0.823. The molecule has 2 rings (SSSR count). The molecule has 1 aromatic heterocycles. The van der Waals surface area contributed by atoms with Gasteiger partial charge >= 0.3 is 0 Å². The SMILES string of the molecule is CCC(c1nc2ccccc2c(=O)n1C)N(CCC(C)C)C(=O)CC(C)CC(C)(C)C. The zero-order valence-corrected chi connectivity index (χ0v) is 20.7. The van der Waals surface area contributed by atoms with E-state index in [1.807, 2.05) is 29.2 Å². The highest BCUT2D eigenvalue weighted by molar-refractivity contribution is 5.78. The molecule has 0 aliphatic carbocycles. The predicted molar refractivity (Wildman–Crippen MR) is 129 cm³/mol. The maximum absolute atomic E-state index is 13.5. The lowest BCUT2D eigenvalue weighted by atomic mass is 9.84. The van der Waals surface area contributed by atoms with Gasteiger partial charge in [0.1, 0.15) is 5.82 Å². The molecule has 0 saturated heterocycles. The van der Waals surface area contributed by atoms with E-state index >= 15 is 0 Å². The third kappa shape index (κ3) is 6.65. The summed E-state index contributed by atoms with van der Waals surface area (Å²) in [5, 5.41) is 0.613. The Morgan fingerprint density at radius 1 is 1.16 bits per heavy atom. The van der Waals surface area contributed by atoms with Crippen LogP contribution in [0, 0.1) is 17.3 Å². The average molecular weight is 428 g/mol. The topological polar surface area (TPSA) is 55.2 Å². The Labute approximate surface area is 187 Å². The highest BCUT2D eigenvalue weighted by atomic mass is 16.2.